The van der Waals surface area contributed by atoms with Crippen LogP contribution in [0, 0.1) is 5.92 Å². The molecule has 2 aliphatic heterocycles. The Morgan fingerprint density at radius 3 is 2.41 bits per heavy atom. The molecule has 2 fully saturated rings. The zero-order chi connectivity index (χ0) is 19.5. The van der Waals surface area contributed by atoms with Gasteiger partial charge in [0.15, 0.2) is 0 Å². The number of halogens is 3. The molecule has 0 radical (unpaired) electrons. The molecule has 5 nitrogen and oxygen atoms in total. The maximum Gasteiger partial charge on any atom is 0.416 e. The fourth-order valence-electron chi connectivity index (χ4n) is 3.72. The van der Waals surface area contributed by atoms with Gasteiger partial charge < -0.3 is 9.64 Å². The molecule has 1 aromatic carbocycles. The topological polar surface area (TPSA) is 58.6 Å². The van der Waals surface area contributed by atoms with E-state index in [1.807, 2.05) is 0 Å². The first-order valence-corrected chi connectivity index (χ1v) is 10.7. The van der Waals surface area contributed by atoms with Crippen molar-refractivity contribution in [1.82, 2.24) is 9.62 Å². The number of sulfonamides is 1. The summed E-state index contributed by atoms with van der Waals surface area (Å²) in [6, 6.07) is 4.39. The van der Waals surface area contributed by atoms with Crippen LogP contribution in [0.2, 0.25) is 0 Å². The second-order valence-electron chi connectivity index (χ2n) is 7.20. The number of nitrogens with one attached hydrogen (secondary N) is 1. The Hall–Kier alpha value is -1.16. The fourth-order valence-corrected chi connectivity index (χ4v) is 4.88. The Balaban J connectivity index is 1.52. The van der Waals surface area contributed by atoms with Gasteiger partial charge in [0.2, 0.25) is 10.0 Å². The molecule has 1 N–H and O–H groups in total. The van der Waals surface area contributed by atoms with E-state index in [1.54, 1.807) is 0 Å². The van der Waals surface area contributed by atoms with Gasteiger partial charge in [-0.05, 0) is 62.9 Å². The predicted molar refractivity (Wildman–Crippen MR) is 94.8 cm³/mol. The van der Waals surface area contributed by atoms with Crippen LogP contribution in [0.1, 0.15) is 31.2 Å². The van der Waals surface area contributed by atoms with Crippen molar-refractivity contribution >= 4 is 10.0 Å². The Labute approximate surface area is 157 Å². The van der Waals surface area contributed by atoms with Gasteiger partial charge >= 0.3 is 6.18 Å². The average molecular weight is 406 g/mol. The van der Waals surface area contributed by atoms with E-state index < -0.39 is 21.8 Å². The SMILES string of the molecule is O=S(=O)(NCC1CCN(C2CCOCC2)CC1)c1cccc(C(F)(F)F)c1. The van der Waals surface area contributed by atoms with E-state index in [0.717, 1.165) is 64.1 Å². The lowest BCUT2D eigenvalue weighted by Crippen LogP contribution is -2.45. The molecule has 0 amide bonds. The number of benzene rings is 1. The second-order valence-corrected chi connectivity index (χ2v) is 8.97. The lowest BCUT2D eigenvalue weighted by Gasteiger charge is -2.39. The minimum Gasteiger partial charge on any atom is -0.381 e. The van der Waals surface area contributed by atoms with E-state index >= 15 is 0 Å². The highest BCUT2D eigenvalue weighted by atomic mass is 32.2. The third-order valence-electron chi connectivity index (χ3n) is 5.39. The minimum absolute atomic E-state index is 0.196. The molecular formula is C18H25F3N2O3S. The van der Waals surface area contributed by atoms with Crippen molar-refractivity contribution in [3.63, 3.8) is 0 Å². The average Bonchev–Trinajstić information content (AvgIpc) is 2.67. The predicted octanol–water partition coefficient (Wildman–Crippen LogP) is 2.87. The van der Waals surface area contributed by atoms with E-state index in [9.17, 15) is 21.6 Å². The van der Waals surface area contributed by atoms with Crippen LogP contribution in [-0.2, 0) is 20.9 Å². The number of nitrogens with zero attached hydrogens (tertiary/aromatic N) is 1. The van der Waals surface area contributed by atoms with E-state index in [-0.39, 0.29) is 17.4 Å². The summed E-state index contributed by atoms with van der Waals surface area (Å²) in [7, 11) is -3.96. The standard InChI is InChI=1S/C18H25F3N2O3S/c19-18(20,21)15-2-1-3-17(12-15)27(24,25)22-13-14-4-8-23(9-5-14)16-6-10-26-11-7-16/h1-3,12,14,16,22H,4-11,13H2. The molecule has 152 valence electrons. The van der Waals surface area contributed by atoms with Crippen molar-refractivity contribution in [1.29, 1.82) is 0 Å². The van der Waals surface area contributed by atoms with Gasteiger partial charge in [0.1, 0.15) is 0 Å². The van der Waals surface area contributed by atoms with Gasteiger partial charge in [-0.2, -0.15) is 13.2 Å². The van der Waals surface area contributed by atoms with Crippen molar-refractivity contribution in [2.45, 2.75) is 42.8 Å². The molecule has 3 rings (SSSR count). The van der Waals surface area contributed by atoms with Gasteiger partial charge in [0, 0.05) is 25.8 Å². The van der Waals surface area contributed by atoms with Gasteiger partial charge in [-0.25, -0.2) is 13.1 Å². The molecule has 1 aromatic rings. The Bertz CT molecular complexity index is 726. The highest BCUT2D eigenvalue weighted by molar-refractivity contribution is 7.89. The molecule has 0 bridgehead atoms. The molecule has 0 atom stereocenters. The molecule has 9 heteroatoms. The van der Waals surface area contributed by atoms with E-state index in [0.29, 0.717) is 12.1 Å². The zero-order valence-electron chi connectivity index (χ0n) is 15.0. The third-order valence-corrected chi connectivity index (χ3v) is 6.81. The molecule has 2 saturated heterocycles. The Morgan fingerprint density at radius 2 is 1.78 bits per heavy atom. The molecule has 0 saturated carbocycles. The smallest absolute Gasteiger partial charge is 0.381 e. The van der Waals surface area contributed by atoms with Gasteiger partial charge in [0.25, 0.3) is 0 Å². The number of rotatable bonds is 5. The summed E-state index contributed by atoms with van der Waals surface area (Å²) in [5.74, 6) is 0.196. The minimum atomic E-state index is -4.57. The van der Waals surface area contributed by atoms with Crippen LogP contribution in [0.4, 0.5) is 13.2 Å². The second kappa shape index (κ2) is 8.46. The van der Waals surface area contributed by atoms with Crippen molar-refractivity contribution in [3.8, 4) is 0 Å². The van der Waals surface area contributed by atoms with Crippen LogP contribution < -0.4 is 4.72 Å². The lowest BCUT2D eigenvalue weighted by molar-refractivity contribution is -0.137. The maximum absolute atomic E-state index is 12.8. The van der Waals surface area contributed by atoms with Gasteiger partial charge in [-0.1, -0.05) is 6.07 Å². The normalized spacial score (nSPS) is 21.4. The number of ether oxygens (including phenoxy) is 1. The van der Waals surface area contributed by atoms with Gasteiger partial charge in [0.05, 0.1) is 10.5 Å². The maximum atomic E-state index is 12.8. The van der Waals surface area contributed by atoms with Gasteiger partial charge in [-0.3, -0.25) is 0 Å². The zero-order valence-corrected chi connectivity index (χ0v) is 15.9. The van der Waals surface area contributed by atoms with Crippen molar-refractivity contribution in [3.05, 3.63) is 29.8 Å². The first kappa shape index (κ1) is 20.6. The van der Waals surface area contributed by atoms with Crippen molar-refractivity contribution in [2.24, 2.45) is 5.92 Å². The van der Waals surface area contributed by atoms with Crippen LogP contribution in [0.3, 0.4) is 0 Å². The summed E-state index contributed by atoms with van der Waals surface area (Å²) in [5, 5.41) is 0. The van der Waals surface area contributed by atoms with Gasteiger partial charge in [-0.15, -0.1) is 0 Å². The van der Waals surface area contributed by atoms with Crippen LogP contribution in [0.15, 0.2) is 29.2 Å². The fraction of sp³-hybridized carbons (Fsp3) is 0.667. The highest BCUT2D eigenvalue weighted by Crippen LogP contribution is 2.30. The molecule has 2 heterocycles. The summed E-state index contributed by atoms with van der Waals surface area (Å²) in [6.45, 7) is 3.67. The molecule has 2 aliphatic rings. The lowest BCUT2D eigenvalue weighted by atomic mass is 9.94. The first-order valence-electron chi connectivity index (χ1n) is 9.24. The van der Waals surface area contributed by atoms with E-state index in [2.05, 4.69) is 9.62 Å². The largest absolute Gasteiger partial charge is 0.416 e. The number of hydrogen-bond donors (Lipinski definition) is 1. The number of alkyl halides is 3. The summed E-state index contributed by atoms with van der Waals surface area (Å²) in [5.41, 5.74) is -0.963. The summed E-state index contributed by atoms with van der Waals surface area (Å²) in [4.78, 5) is 2.09. The van der Waals surface area contributed by atoms with Crippen LogP contribution >= 0.6 is 0 Å². The Kier molecular flexibility index (Phi) is 6.45. The number of piperidine rings is 1. The molecule has 0 aliphatic carbocycles. The quantitative estimate of drug-likeness (QED) is 0.817. The third kappa shape index (κ3) is 5.43. The van der Waals surface area contributed by atoms with Crippen LogP contribution in [0.5, 0.6) is 0 Å². The molecular weight excluding hydrogens is 381 g/mol. The molecule has 0 unspecified atom stereocenters. The van der Waals surface area contributed by atoms with Crippen molar-refractivity contribution in [2.75, 3.05) is 32.8 Å². The number of likely N-dealkylation sites (tertiary alicyclic amines) is 1. The summed E-state index contributed by atoms with van der Waals surface area (Å²) in [6.07, 6.45) is -0.743. The molecule has 0 spiro atoms. The summed E-state index contributed by atoms with van der Waals surface area (Å²) >= 11 is 0. The summed E-state index contributed by atoms with van der Waals surface area (Å²) < 4.78 is 71.0. The van der Waals surface area contributed by atoms with Crippen LogP contribution in [0.25, 0.3) is 0 Å². The molecule has 0 aromatic heterocycles. The van der Waals surface area contributed by atoms with E-state index in [4.69, 9.17) is 4.74 Å². The number of hydrogen-bond acceptors (Lipinski definition) is 4. The van der Waals surface area contributed by atoms with E-state index in [1.165, 1.54) is 6.07 Å². The monoisotopic (exact) mass is 406 g/mol. The highest BCUT2D eigenvalue weighted by Gasteiger charge is 2.32. The molecule has 27 heavy (non-hydrogen) atoms. The first-order chi connectivity index (χ1) is 12.8. The van der Waals surface area contributed by atoms with Crippen molar-refractivity contribution < 1.29 is 26.3 Å². The Morgan fingerprint density at radius 1 is 1.11 bits per heavy atom. The van der Waals surface area contributed by atoms with Crippen LogP contribution in [-0.4, -0.2) is 52.2 Å².